The van der Waals surface area contributed by atoms with Crippen molar-refractivity contribution >= 4 is 23.6 Å². The molecule has 1 rings (SSSR count). The van der Waals surface area contributed by atoms with E-state index < -0.39 is 5.97 Å². The Morgan fingerprint density at radius 3 is 2.55 bits per heavy atom. The van der Waals surface area contributed by atoms with E-state index in [0.29, 0.717) is 12.3 Å². The van der Waals surface area contributed by atoms with Crippen LogP contribution in [0.1, 0.15) is 18.9 Å². The SMILES string of the molecule is CCCN(CC(=O)O)C(=O)CSCCc1ccccc1. The minimum atomic E-state index is -0.957. The van der Waals surface area contributed by atoms with E-state index in [9.17, 15) is 9.59 Å². The van der Waals surface area contributed by atoms with E-state index in [0.717, 1.165) is 18.6 Å². The molecule has 1 amide bonds. The molecule has 0 aromatic heterocycles. The molecule has 1 N–H and O–H groups in total. The van der Waals surface area contributed by atoms with Crippen molar-refractivity contribution in [2.24, 2.45) is 0 Å². The monoisotopic (exact) mass is 295 g/mol. The molecule has 0 bridgehead atoms. The van der Waals surface area contributed by atoms with Crippen LogP contribution in [0.15, 0.2) is 30.3 Å². The standard InChI is InChI=1S/C15H21NO3S/c1-2-9-16(11-15(18)19)14(17)12-20-10-8-13-6-4-3-5-7-13/h3-7H,2,8-12H2,1H3,(H,18,19). The molecule has 0 unspecified atom stereocenters. The van der Waals surface area contributed by atoms with E-state index in [4.69, 9.17) is 5.11 Å². The number of nitrogens with zero attached hydrogens (tertiary/aromatic N) is 1. The maximum atomic E-state index is 11.9. The van der Waals surface area contributed by atoms with Gasteiger partial charge in [-0.3, -0.25) is 9.59 Å². The van der Waals surface area contributed by atoms with Crippen LogP contribution < -0.4 is 0 Å². The highest BCUT2D eigenvalue weighted by Crippen LogP contribution is 2.08. The van der Waals surface area contributed by atoms with E-state index in [-0.39, 0.29) is 12.5 Å². The molecular weight excluding hydrogens is 274 g/mol. The van der Waals surface area contributed by atoms with Crippen LogP contribution in [-0.2, 0) is 16.0 Å². The Balaban J connectivity index is 2.28. The Kier molecular flexibility index (Phi) is 7.80. The molecule has 5 heteroatoms. The number of aryl methyl sites for hydroxylation is 1. The fourth-order valence-electron chi connectivity index (χ4n) is 1.81. The Hall–Kier alpha value is -1.49. The molecule has 0 atom stereocenters. The lowest BCUT2D eigenvalue weighted by atomic mass is 10.2. The minimum Gasteiger partial charge on any atom is -0.480 e. The van der Waals surface area contributed by atoms with Crippen molar-refractivity contribution in [2.75, 3.05) is 24.6 Å². The Morgan fingerprint density at radius 2 is 1.95 bits per heavy atom. The first-order valence-corrected chi connectivity index (χ1v) is 7.90. The summed E-state index contributed by atoms with van der Waals surface area (Å²) >= 11 is 1.55. The molecule has 4 nitrogen and oxygen atoms in total. The largest absolute Gasteiger partial charge is 0.480 e. The molecule has 1 aromatic rings. The zero-order valence-electron chi connectivity index (χ0n) is 11.7. The molecule has 20 heavy (non-hydrogen) atoms. The van der Waals surface area contributed by atoms with Gasteiger partial charge in [0.2, 0.25) is 5.91 Å². The number of hydrogen-bond acceptors (Lipinski definition) is 3. The number of carbonyl (C=O) groups is 2. The molecule has 0 aliphatic rings. The lowest BCUT2D eigenvalue weighted by molar-refractivity contribution is -0.143. The average molecular weight is 295 g/mol. The van der Waals surface area contributed by atoms with Crippen molar-refractivity contribution < 1.29 is 14.7 Å². The smallest absolute Gasteiger partial charge is 0.323 e. The van der Waals surface area contributed by atoms with Gasteiger partial charge >= 0.3 is 5.97 Å². The topological polar surface area (TPSA) is 57.6 Å². The highest BCUT2D eigenvalue weighted by molar-refractivity contribution is 7.99. The summed E-state index contributed by atoms with van der Waals surface area (Å²) in [6.45, 7) is 2.24. The first-order valence-electron chi connectivity index (χ1n) is 6.74. The van der Waals surface area contributed by atoms with Gasteiger partial charge in [0.15, 0.2) is 0 Å². The van der Waals surface area contributed by atoms with Gasteiger partial charge in [0, 0.05) is 6.54 Å². The maximum Gasteiger partial charge on any atom is 0.323 e. The molecule has 0 radical (unpaired) electrons. The molecule has 0 fully saturated rings. The quantitative estimate of drug-likeness (QED) is 0.710. The van der Waals surface area contributed by atoms with E-state index in [1.165, 1.54) is 10.5 Å². The lowest BCUT2D eigenvalue weighted by Gasteiger charge is -2.19. The molecule has 0 heterocycles. The summed E-state index contributed by atoms with van der Waals surface area (Å²) in [5.74, 6) is 0.163. The number of aliphatic carboxylic acids is 1. The van der Waals surface area contributed by atoms with Crippen LogP contribution in [0.5, 0.6) is 0 Å². The molecule has 110 valence electrons. The summed E-state index contributed by atoms with van der Waals surface area (Å²) in [6.07, 6.45) is 1.69. The number of carboxylic acids is 1. The number of hydrogen-bond donors (Lipinski definition) is 1. The third-order valence-corrected chi connectivity index (χ3v) is 3.72. The second-order valence-electron chi connectivity index (χ2n) is 4.50. The predicted molar refractivity (Wildman–Crippen MR) is 82.0 cm³/mol. The molecule has 0 aliphatic heterocycles. The summed E-state index contributed by atoms with van der Waals surface area (Å²) in [6, 6.07) is 10.1. The van der Waals surface area contributed by atoms with E-state index in [1.54, 1.807) is 11.8 Å². The lowest BCUT2D eigenvalue weighted by Crippen LogP contribution is -2.37. The minimum absolute atomic E-state index is 0.0905. The first-order chi connectivity index (χ1) is 9.63. The van der Waals surface area contributed by atoms with Gasteiger partial charge in [-0.1, -0.05) is 37.3 Å². The maximum absolute atomic E-state index is 11.9. The van der Waals surface area contributed by atoms with E-state index in [1.807, 2.05) is 25.1 Å². The zero-order chi connectivity index (χ0) is 14.8. The zero-order valence-corrected chi connectivity index (χ0v) is 12.6. The summed E-state index contributed by atoms with van der Waals surface area (Å²) in [7, 11) is 0. The van der Waals surface area contributed by atoms with Crippen molar-refractivity contribution in [3.63, 3.8) is 0 Å². The van der Waals surface area contributed by atoms with Gasteiger partial charge in [-0.2, -0.15) is 11.8 Å². The molecule has 0 saturated heterocycles. The second-order valence-corrected chi connectivity index (χ2v) is 5.60. The Morgan fingerprint density at radius 1 is 1.25 bits per heavy atom. The van der Waals surface area contributed by atoms with E-state index in [2.05, 4.69) is 12.1 Å². The Bertz CT molecular complexity index is 422. The third kappa shape index (κ3) is 6.61. The highest BCUT2D eigenvalue weighted by atomic mass is 32.2. The fourth-order valence-corrected chi connectivity index (χ4v) is 2.69. The van der Waals surface area contributed by atoms with Crippen LogP contribution in [0, 0.1) is 0 Å². The van der Waals surface area contributed by atoms with Gasteiger partial charge in [-0.05, 0) is 24.2 Å². The predicted octanol–water partition coefficient (Wildman–Crippen LogP) is 2.29. The van der Waals surface area contributed by atoms with Gasteiger partial charge < -0.3 is 10.0 Å². The van der Waals surface area contributed by atoms with Crippen molar-refractivity contribution in [3.05, 3.63) is 35.9 Å². The van der Waals surface area contributed by atoms with Gasteiger partial charge in [0.25, 0.3) is 0 Å². The molecule has 0 aliphatic carbocycles. The normalized spacial score (nSPS) is 10.2. The van der Waals surface area contributed by atoms with Crippen LogP contribution in [0.3, 0.4) is 0 Å². The summed E-state index contributed by atoms with van der Waals surface area (Å²) < 4.78 is 0. The van der Waals surface area contributed by atoms with Gasteiger partial charge in [0.1, 0.15) is 6.54 Å². The number of carboxylic acid groups (broad SMARTS) is 1. The van der Waals surface area contributed by atoms with Crippen LogP contribution >= 0.6 is 11.8 Å². The van der Waals surface area contributed by atoms with Gasteiger partial charge in [0.05, 0.1) is 5.75 Å². The van der Waals surface area contributed by atoms with Gasteiger partial charge in [-0.25, -0.2) is 0 Å². The molecule has 0 spiro atoms. The second kappa shape index (κ2) is 9.42. The molecular formula is C15H21NO3S. The van der Waals surface area contributed by atoms with Crippen LogP contribution in [0.2, 0.25) is 0 Å². The van der Waals surface area contributed by atoms with Gasteiger partial charge in [-0.15, -0.1) is 0 Å². The van der Waals surface area contributed by atoms with Crippen LogP contribution in [0.4, 0.5) is 0 Å². The van der Waals surface area contributed by atoms with Crippen molar-refractivity contribution in [3.8, 4) is 0 Å². The van der Waals surface area contributed by atoms with Crippen molar-refractivity contribution in [2.45, 2.75) is 19.8 Å². The fraction of sp³-hybridized carbons (Fsp3) is 0.467. The number of thioether (sulfide) groups is 1. The third-order valence-electron chi connectivity index (χ3n) is 2.78. The number of benzene rings is 1. The number of amides is 1. The molecule has 0 saturated carbocycles. The number of rotatable bonds is 9. The van der Waals surface area contributed by atoms with Crippen molar-refractivity contribution in [1.82, 2.24) is 4.90 Å². The van der Waals surface area contributed by atoms with Crippen LogP contribution in [-0.4, -0.2) is 46.5 Å². The summed E-state index contributed by atoms with van der Waals surface area (Å²) in [5.41, 5.74) is 1.25. The average Bonchev–Trinajstić information content (AvgIpc) is 2.43. The van der Waals surface area contributed by atoms with Crippen LogP contribution in [0.25, 0.3) is 0 Å². The van der Waals surface area contributed by atoms with Crippen molar-refractivity contribution in [1.29, 1.82) is 0 Å². The summed E-state index contributed by atoms with van der Waals surface area (Å²) in [5, 5.41) is 8.78. The first kappa shape index (κ1) is 16.6. The van der Waals surface area contributed by atoms with E-state index >= 15 is 0 Å². The Labute approximate surface area is 124 Å². The number of carbonyl (C=O) groups excluding carboxylic acids is 1. The molecule has 1 aromatic carbocycles. The summed E-state index contributed by atoms with van der Waals surface area (Å²) in [4.78, 5) is 24.0. The highest BCUT2D eigenvalue weighted by Gasteiger charge is 2.15.